The summed E-state index contributed by atoms with van der Waals surface area (Å²) in [4.78, 5) is 27.5. The summed E-state index contributed by atoms with van der Waals surface area (Å²) in [7, 11) is 3.97. The number of nitrogens with one attached hydrogen (secondary N) is 1. The number of hydrogen-bond donors (Lipinski definition) is 3. The topological polar surface area (TPSA) is 89.9 Å². The quantitative estimate of drug-likeness (QED) is 0.698. The van der Waals surface area contributed by atoms with Gasteiger partial charge in [0.15, 0.2) is 5.78 Å². The van der Waals surface area contributed by atoms with E-state index in [0.29, 0.717) is 29.7 Å². The molecule has 0 aromatic heterocycles. The van der Waals surface area contributed by atoms with E-state index >= 15 is 0 Å². The number of carboxylic acids is 1. The number of dihydropyridines is 1. The number of Topliss-reactive ketones (excluding diaryl/α,β-unsaturated/α-hetero) is 1. The van der Waals surface area contributed by atoms with E-state index < -0.39 is 11.9 Å². The molecular formula is C25H26N2O4. The number of ketones is 1. The lowest BCUT2D eigenvalue weighted by atomic mass is 9.71. The van der Waals surface area contributed by atoms with Gasteiger partial charge in [-0.3, -0.25) is 4.79 Å². The molecule has 2 unspecified atom stereocenters. The van der Waals surface area contributed by atoms with Gasteiger partial charge in [0.05, 0.1) is 5.57 Å². The molecule has 3 N–H and O–H groups in total. The summed E-state index contributed by atoms with van der Waals surface area (Å²) in [5.74, 6) is -1.76. The number of hydrogen-bond acceptors (Lipinski definition) is 5. The van der Waals surface area contributed by atoms with E-state index in [1.54, 1.807) is 19.1 Å². The molecule has 2 aliphatic rings. The van der Waals surface area contributed by atoms with E-state index in [2.05, 4.69) is 17.4 Å². The molecule has 160 valence electrons. The molecule has 1 aliphatic carbocycles. The molecular weight excluding hydrogens is 392 g/mol. The van der Waals surface area contributed by atoms with E-state index in [0.717, 1.165) is 16.9 Å². The minimum absolute atomic E-state index is 0.0268. The fourth-order valence-electron chi connectivity index (χ4n) is 4.64. The number of carbonyl (C=O) groups is 2. The molecule has 31 heavy (non-hydrogen) atoms. The van der Waals surface area contributed by atoms with Crippen LogP contribution in [-0.2, 0) is 9.59 Å². The van der Waals surface area contributed by atoms with Crippen LogP contribution in [0.2, 0.25) is 0 Å². The van der Waals surface area contributed by atoms with Crippen LogP contribution in [0.5, 0.6) is 5.75 Å². The summed E-state index contributed by atoms with van der Waals surface area (Å²) in [5.41, 5.74) is 4.72. The van der Waals surface area contributed by atoms with Crippen LogP contribution in [0.1, 0.15) is 42.7 Å². The predicted octanol–water partition coefficient (Wildman–Crippen LogP) is 3.90. The van der Waals surface area contributed by atoms with Gasteiger partial charge in [-0.1, -0.05) is 24.3 Å². The number of nitrogens with zero attached hydrogens (tertiary/aromatic N) is 1. The number of phenols is 1. The zero-order valence-corrected chi connectivity index (χ0v) is 17.8. The first-order valence-corrected chi connectivity index (χ1v) is 10.3. The minimum atomic E-state index is -1.07. The van der Waals surface area contributed by atoms with Crippen LogP contribution in [0, 0.1) is 0 Å². The van der Waals surface area contributed by atoms with Crippen LogP contribution in [-0.4, -0.2) is 36.1 Å². The van der Waals surface area contributed by atoms with Gasteiger partial charge in [-0.2, -0.15) is 0 Å². The Kier molecular flexibility index (Phi) is 5.31. The summed E-state index contributed by atoms with van der Waals surface area (Å²) in [5, 5.41) is 23.1. The van der Waals surface area contributed by atoms with Crippen molar-refractivity contribution in [2.24, 2.45) is 0 Å². The first-order chi connectivity index (χ1) is 14.8. The Labute approximate surface area is 181 Å². The van der Waals surface area contributed by atoms with Gasteiger partial charge >= 0.3 is 5.97 Å². The third-order valence-electron chi connectivity index (χ3n) is 6.14. The van der Waals surface area contributed by atoms with E-state index in [-0.39, 0.29) is 23.0 Å². The normalized spacial score (nSPS) is 20.9. The number of carbonyl (C=O) groups excluding carboxylic acids is 1. The second-order valence-corrected chi connectivity index (χ2v) is 8.40. The molecule has 0 bridgehead atoms. The van der Waals surface area contributed by atoms with Crippen molar-refractivity contribution in [2.45, 2.75) is 31.6 Å². The van der Waals surface area contributed by atoms with Crippen molar-refractivity contribution in [1.82, 2.24) is 5.32 Å². The van der Waals surface area contributed by atoms with Gasteiger partial charge in [0, 0.05) is 49.1 Å². The van der Waals surface area contributed by atoms with E-state index in [9.17, 15) is 19.8 Å². The first-order valence-electron chi connectivity index (χ1n) is 10.3. The Morgan fingerprint density at radius 3 is 2.39 bits per heavy atom. The van der Waals surface area contributed by atoms with Gasteiger partial charge in [0.1, 0.15) is 5.75 Å². The molecule has 0 fully saturated rings. The largest absolute Gasteiger partial charge is 0.508 e. The molecule has 4 rings (SSSR count). The maximum absolute atomic E-state index is 13.3. The third-order valence-corrected chi connectivity index (χ3v) is 6.14. The summed E-state index contributed by atoms with van der Waals surface area (Å²) < 4.78 is 0. The highest BCUT2D eigenvalue weighted by Crippen LogP contribution is 2.45. The van der Waals surface area contributed by atoms with Crippen molar-refractivity contribution < 1.29 is 19.8 Å². The molecule has 0 saturated carbocycles. The molecule has 2 atom stereocenters. The van der Waals surface area contributed by atoms with Crippen LogP contribution < -0.4 is 10.2 Å². The van der Waals surface area contributed by atoms with Crippen molar-refractivity contribution in [3.8, 4) is 5.75 Å². The fraction of sp³-hybridized carbons (Fsp3) is 0.280. The number of carboxylic acid groups (broad SMARTS) is 1. The molecule has 0 spiro atoms. The first kappa shape index (κ1) is 20.7. The van der Waals surface area contributed by atoms with Crippen molar-refractivity contribution in [3.63, 3.8) is 0 Å². The van der Waals surface area contributed by atoms with Crippen molar-refractivity contribution in [1.29, 1.82) is 0 Å². The number of aliphatic carboxylic acids is 1. The predicted molar refractivity (Wildman–Crippen MR) is 119 cm³/mol. The number of anilines is 1. The van der Waals surface area contributed by atoms with Gasteiger partial charge in [0.2, 0.25) is 0 Å². The molecule has 2 aromatic rings. The lowest BCUT2D eigenvalue weighted by Gasteiger charge is -2.36. The number of aromatic hydroxyl groups is 1. The second-order valence-electron chi connectivity index (χ2n) is 8.40. The Morgan fingerprint density at radius 2 is 1.77 bits per heavy atom. The molecule has 1 aliphatic heterocycles. The van der Waals surface area contributed by atoms with Crippen molar-refractivity contribution >= 4 is 17.4 Å². The molecule has 1 heterocycles. The standard InChI is InChI=1S/C25H26N2O4/c1-14-22(25(30)31)23(16-5-4-6-19(28)11-16)24-20(26-14)12-17(13-21(24)29)15-7-9-18(10-8-15)27(2)3/h4-11,17,23,26,28H,12-13H2,1-3H3,(H,30,31). The van der Waals surface area contributed by atoms with Gasteiger partial charge in [-0.25, -0.2) is 4.79 Å². The van der Waals surface area contributed by atoms with Crippen LogP contribution in [0.25, 0.3) is 0 Å². The summed E-state index contributed by atoms with van der Waals surface area (Å²) >= 11 is 0. The highest BCUT2D eigenvalue weighted by atomic mass is 16.4. The summed E-state index contributed by atoms with van der Waals surface area (Å²) in [6.45, 7) is 1.73. The Morgan fingerprint density at radius 1 is 1.06 bits per heavy atom. The third kappa shape index (κ3) is 3.81. The molecule has 0 amide bonds. The van der Waals surface area contributed by atoms with Crippen molar-refractivity contribution in [3.05, 3.63) is 82.2 Å². The Bertz CT molecular complexity index is 1110. The zero-order chi connectivity index (χ0) is 22.3. The summed E-state index contributed by atoms with van der Waals surface area (Å²) in [6.07, 6.45) is 0.949. The minimum Gasteiger partial charge on any atom is -0.508 e. The van der Waals surface area contributed by atoms with Crippen LogP contribution in [0.4, 0.5) is 5.69 Å². The lowest BCUT2D eigenvalue weighted by molar-refractivity contribution is -0.133. The number of benzene rings is 2. The zero-order valence-electron chi connectivity index (χ0n) is 17.8. The SMILES string of the molecule is CC1=C(C(=O)O)C(c2cccc(O)c2)C2=C(CC(c3ccc(N(C)C)cc3)CC2=O)N1. The van der Waals surface area contributed by atoms with Gasteiger partial charge in [0.25, 0.3) is 0 Å². The van der Waals surface area contributed by atoms with Crippen LogP contribution in [0.3, 0.4) is 0 Å². The number of rotatable bonds is 4. The van der Waals surface area contributed by atoms with Crippen LogP contribution in [0.15, 0.2) is 71.1 Å². The summed E-state index contributed by atoms with van der Waals surface area (Å²) in [6, 6.07) is 14.7. The maximum Gasteiger partial charge on any atom is 0.334 e. The van der Waals surface area contributed by atoms with Crippen LogP contribution >= 0.6 is 0 Å². The molecule has 6 nitrogen and oxygen atoms in total. The van der Waals surface area contributed by atoms with Gasteiger partial charge < -0.3 is 20.4 Å². The van der Waals surface area contributed by atoms with Gasteiger partial charge in [-0.05, 0) is 54.7 Å². The monoisotopic (exact) mass is 418 g/mol. The lowest BCUT2D eigenvalue weighted by Crippen LogP contribution is -2.35. The van der Waals surface area contributed by atoms with E-state index in [1.807, 2.05) is 31.1 Å². The molecule has 2 aromatic carbocycles. The smallest absolute Gasteiger partial charge is 0.334 e. The van der Waals surface area contributed by atoms with Gasteiger partial charge in [-0.15, -0.1) is 0 Å². The maximum atomic E-state index is 13.3. The Hall–Kier alpha value is -3.54. The highest BCUT2D eigenvalue weighted by Gasteiger charge is 2.41. The van der Waals surface area contributed by atoms with E-state index in [4.69, 9.17) is 0 Å². The fourth-order valence-corrected chi connectivity index (χ4v) is 4.64. The number of phenolic OH excluding ortho intramolecular Hbond substituents is 1. The second kappa shape index (κ2) is 7.95. The highest BCUT2D eigenvalue weighted by molar-refractivity contribution is 6.03. The molecule has 0 saturated heterocycles. The average molecular weight is 418 g/mol. The number of allylic oxidation sites excluding steroid dienone is 3. The Balaban J connectivity index is 1.75. The van der Waals surface area contributed by atoms with E-state index in [1.165, 1.54) is 12.1 Å². The average Bonchev–Trinajstić information content (AvgIpc) is 2.72. The molecule has 6 heteroatoms. The molecule has 0 radical (unpaired) electrons. The van der Waals surface area contributed by atoms with Crippen molar-refractivity contribution in [2.75, 3.05) is 19.0 Å².